The maximum absolute atomic E-state index is 9.20. The van der Waals surface area contributed by atoms with Crippen molar-refractivity contribution in [3.63, 3.8) is 0 Å². The summed E-state index contributed by atoms with van der Waals surface area (Å²) in [6.45, 7) is 4.64. The van der Waals surface area contributed by atoms with Crippen molar-refractivity contribution in [1.82, 2.24) is 14.9 Å². The van der Waals surface area contributed by atoms with Gasteiger partial charge in [-0.2, -0.15) is 0 Å². The molecule has 0 spiro atoms. The molecular formula is C13H22N4O. The Morgan fingerprint density at radius 1 is 1.50 bits per heavy atom. The minimum atomic E-state index is 0.171. The van der Waals surface area contributed by atoms with Gasteiger partial charge in [-0.05, 0) is 31.7 Å². The predicted octanol–water partition coefficient (Wildman–Crippen LogP) is 0.773. The van der Waals surface area contributed by atoms with Crippen LogP contribution in [0.2, 0.25) is 0 Å². The lowest BCUT2D eigenvalue weighted by Crippen LogP contribution is -2.37. The SMILES string of the molecule is C[C@@H]1CNC[C@H](n2cnc3c2CCC(CO)N3)C1. The normalized spacial score (nSPS) is 31.8. The third-order valence-electron chi connectivity index (χ3n) is 4.13. The number of nitrogens with zero attached hydrogens (tertiary/aromatic N) is 2. The van der Waals surface area contributed by atoms with Crippen LogP contribution in [0, 0.1) is 5.92 Å². The van der Waals surface area contributed by atoms with Crippen molar-refractivity contribution in [2.75, 3.05) is 25.0 Å². The summed E-state index contributed by atoms with van der Waals surface area (Å²) < 4.78 is 2.33. The van der Waals surface area contributed by atoms with Gasteiger partial charge in [0.2, 0.25) is 0 Å². The number of fused-ring (bicyclic) bond motifs is 1. The molecule has 1 aromatic heterocycles. The number of aliphatic hydroxyl groups excluding tert-OH is 1. The monoisotopic (exact) mass is 250 g/mol. The van der Waals surface area contributed by atoms with Crippen molar-refractivity contribution < 1.29 is 5.11 Å². The summed E-state index contributed by atoms with van der Waals surface area (Å²) in [6.07, 6.45) is 5.18. The van der Waals surface area contributed by atoms with E-state index >= 15 is 0 Å². The smallest absolute Gasteiger partial charge is 0.147 e. The molecule has 1 unspecified atom stereocenters. The van der Waals surface area contributed by atoms with Crippen LogP contribution in [0.1, 0.15) is 31.5 Å². The number of hydrogen-bond donors (Lipinski definition) is 3. The summed E-state index contributed by atoms with van der Waals surface area (Å²) in [4.78, 5) is 4.47. The number of anilines is 1. The third kappa shape index (κ3) is 2.12. The van der Waals surface area contributed by atoms with Crippen LogP contribution in [-0.2, 0) is 6.42 Å². The topological polar surface area (TPSA) is 62.1 Å². The number of nitrogens with one attached hydrogen (secondary N) is 2. The van der Waals surface area contributed by atoms with Crippen LogP contribution < -0.4 is 10.6 Å². The Bertz CT molecular complexity index is 417. The molecule has 2 aliphatic heterocycles. The number of piperidine rings is 1. The average Bonchev–Trinajstić information content (AvgIpc) is 2.81. The summed E-state index contributed by atoms with van der Waals surface area (Å²) in [5, 5.41) is 16.0. The maximum Gasteiger partial charge on any atom is 0.147 e. The minimum Gasteiger partial charge on any atom is -0.394 e. The lowest BCUT2D eigenvalue weighted by atomic mass is 9.96. The van der Waals surface area contributed by atoms with Crippen LogP contribution in [0.3, 0.4) is 0 Å². The molecule has 18 heavy (non-hydrogen) atoms. The Morgan fingerprint density at radius 2 is 2.39 bits per heavy atom. The second kappa shape index (κ2) is 4.90. The molecule has 5 heteroatoms. The molecule has 0 saturated carbocycles. The van der Waals surface area contributed by atoms with Gasteiger partial charge in [-0.3, -0.25) is 0 Å². The van der Waals surface area contributed by atoms with Gasteiger partial charge in [-0.1, -0.05) is 6.92 Å². The van der Waals surface area contributed by atoms with Gasteiger partial charge in [0.15, 0.2) is 0 Å². The van der Waals surface area contributed by atoms with E-state index in [9.17, 15) is 5.11 Å². The zero-order chi connectivity index (χ0) is 12.5. The second-order valence-electron chi connectivity index (χ2n) is 5.66. The first-order valence-electron chi connectivity index (χ1n) is 6.91. The van der Waals surface area contributed by atoms with Gasteiger partial charge in [-0.25, -0.2) is 4.98 Å². The fourth-order valence-corrected chi connectivity index (χ4v) is 3.12. The van der Waals surface area contributed by atoms with E-state index in [2.05, 4.69) is 27.1 Å². The molecule has 1 aromatic rings. The van der Waals surface area contributed by atoms with E-state index < -0.39 is 0 Å². The molecule has 0 aliphatic carbocycles. The van der Waals surface area contributed by atoms with E-state index in [1.807, 2.05) is 6.33 Å². The number of rotatable bonds is 2. The van der Waals surface area contributed by atoms with Gasteiger partial charge in [0.25, 0.3) is 0 Å². The van der Waals surface area contributed by atoms with Gasteiger partial charge in [0.05, 0.1) is 24.7 Å². The first kappa shape index (κ1) is 12.0. The Morgan fingerprint density at radius 3 is 3.17 bits per heavy atom. The van der Waals surface area contributed by atoms with Gasteiger partial charge >= 0.3 is 0 Å². The maximum atomic E-state index is 9.20. The Balaban J connectivity index is 1.80. The van der Waals surface area contributed by atoms with Crippen molar-refractivity contribution >= 4 is 5.82 Å². The fraction of sp³-hybridized carbons (Fsp3) is 0.769. The van der Waals surface area contributed by atoms with E-state index in [1.165, 1.54) is 12.1 Å². The quantitative estimate of drug-likeness (QED) is 0.725. The van der Waals surface area contributed by atoms with Crippen molar-refractivity contribution in [3.05, 3.63) is 12.0 Å². The number of aliphatic hydroxyl groups is 1. The van der Waals surface area contributed by atoms with Gasteiger partial charge in [-0.15, -0.1) is 0 Å². The third-order valence-corrected chi connectivity index (χ3v) is 4.13. The van der Waals surface area contributed by atoms with Gasteiger partial charge in [0.1, 0.15) is 5.82 Å². The number of aromatic nitrogens is 2. The summed E-state index contributed by atoms with van der Waals surface area (Å²) in [7, 11) is 0. The van der Waals surface area contributed by atoms with Crippen molar-refractivity contribution in [3.8, 4) is 0 Å². The Labute approximate surface area is 108 Å². The minimum absolute atomic E-state index is 0.171. The highest BCUT2D eigenvalue weighted by Crippen LogP contribution is 2.29. The lowest BCUT2D eigenvalue weighted by molar-refractivity contribution is 0.263. The highest BCUT2D eigenvalue weighted by atomic mass is 16.3. The lowest BCUT2D eigenvalue weighted by Gasteiger charge is -2.31. The van der Waals surface area contributed by atoms with E-state index in [1.54, 1.807) is 0 Å². The summed E-state index contributed by atoms with van der Waals surface area (Å²) in [5.74, 6) is 1.70. The molecule has 1 fully saturated rings. The van der Waals surface area contributed by atoms with Crippen LogP contribution in [0.25, 0.3) is 0 Å². The first-order valence-corrected chi connectivity index (χ1v) is 6.91. The predicted molar refractivity (Wildman–Crippen MR) is 70.7 cm³/mol. The van der Waals surface area contributed by atoms with Crippen molar-refractivity contribution in [1.29, 1.82) is 0 Å². The molecule has 3 N–H and O–H groups in total. The molecule has 3 heterocycles. The number of imidazole rings is 1. The molecule has 0 radical (unpaired) electrons. The summed E-state index contributed by atoms with van der Waals surface area (Å²) in [5.41, 5.74) is 1.31. The highest BCUT2D eigenvalue weighted by Gasteiger charge is 2.26. The molecule has 2 aliphatic rings. The molecule has 100 valence electrons. The van der Waals surface area contributed by atoms with Gasteiger partial charge < -0.3 is 20.3 Å². The van der Waals surface area contributed by atoms with Gasteiger partial charge in [0, 0.05) is 12.6 Å². The van der Waals surface area contributed by atoms with Crippen LogP contribution >= 0.6 is 0 Å². The zero-order valence-electron chi connectivity index (χ0n) is 10.9. The highest BCUT2D eigenvalue weighted by molar-refractivity contribution is 5.44. The van der Waals surface area contributed by atoms with Crippen LogP contribution in [-0.4, -0.2) is 40.4 Å². The van der Waals surface area contributed by atoms with Crippen molar-refractivity contribution in [2.24, 2.45) is 5.92 Å². The second-order valence-corrected chi connectivity index (χ2v) is 5.66. The average molecular weight is 250 g/mol. The van der Waals surface area contributed by atoms with Crippen LogP contribution in [0.4, 0.5) is 5.82 Å². The van der Waals surface area contributed by atoms with E-state index in [0.717, 1.165) is 37.7 Å². The molecule has 1 saturated heterocycles. The van der Waals surface area contributed by atoms with Crippen LogP contribution in [0.15, 0.2) is 6.33 Å². The van der Waals surface area contributed by atoms with E-state index in [-0.39, 0.29) is 12.6 Å². The zero-order valence-corrected chi connectivity index (χ0v) is 10.9. The van der Waals surface area contributed by atoms with Crippen LogP contribution in [0.5, 0.6) is 0 Å². The molecule has 3 atom stereocenters. The largest absolute Gasteiger partial charge is 0.394 e. The number of hydrogen-bond acceptors (Lipinski definition) is 4. The van der Waals surface area contributed by atoms with E-state index in [4.69, 9.17) is 0 Å². The molecule has 0 amide bonds. The molecular weight excluding hydrogens is 228 g/mol. The Kier molecular flexibility index (Phi) is 3.26. The van der Waals surface area contributed by atoms with E-state index in [0.29, 0.717) is 6.04 Å². The standard InChI is InChI=1S/C13H22N4O/c1-9-4-11(6-14-5-9)17-8-15-13-12(17)3-2-10(7-18)16-13/h8-11,14,16,18H,2-7H2,1H3/t9-,10?,11+/m0/s1. The molecule has 5 nitrogen and oxygen atoms in total. The summed E-state index contributed by atoms with van der Waals surface area (Å²) >= 11 is 0. The fourth-order valence-electron chi connectivity index (χ4n) is 3.12. The first-order chi connectivity index (χ1) is 8.78. The molecule has 0 bridgehead atoms. The summed E-state index contributed by atoms with van der Waals surface area (Å²) in [6, 6.07) is 0.696. The Hall–Kier alpha value is -1.07. The van der Waals surface area contributed by atoms with Crippen molar-refractivity contribution in [2.45, 2.75) is 38.3 Å². The molecule has 3 rings (SSSR count). The molecule has 0 aromatic carbocycles.